The van der Waals surface area contributed by atoms with Gasteiger partial charge in [0.25, 0.3) is 0 Å². The third-order valence-corrected chi connectivity index (χ3v) is 6.21. The van der Waals surface area contributed by atoms with Gasteiger partial charge in [-0.05, 0) is 51.0 Å². The number of hydrogen-bond acceptors (Lipinski definition) is 7. The molecule has 162 valence electrons. The molecule has 3 rings (SSSR count). The van der Waals surface area contributed by atoms with Gasteiger partial charge in [0.2, 0.25) is 5.91 Å². The monoisotopic (exact) mass is 454 g/mol. The maximum absolute atomic E-state index is 12.5. The summed E-state index contributed by atoms with van der Waals surface area (Å²) in [6.45, 7) is 12.3. The Hall–Kier alpha value is -2.65. The van der Waals surface area contributed by atoms with Crippen LogP contribution >= 0.6 is 23.5 Å². The molecule has 0 aliphatic rings. The van der Waals surface area contributed by atoms with Crippen LogP contribution in [0.2, 0.25) is 0 Å². The van der Waals surface area contributed by atoms with Crippen molar-refractivity contribution in [1.29, 1.82) is 0 Å². The van der Waals surface area contributed by atoms with Crippen LogP contribution in [0.5, 0.6) is 0 Å². The minimum absolute atomic E-state index is 0.0774. The molecular weight excluding hydrogens is 428 g/mol. The van der Waals surface area contributed by atoms with Gasteiger partial charge in [-0.2, -0.15) is 0 Å². The number of nitrogens with one attached hydrogen (secondary N) is 1. The number of allylic oxidation sites excluding steroid dienone is 1. The highest BCUT2D eigenvalue weighted by atomic mass is 32.2. The van der Waals surface area contributed by atoms with Crippen LogP contribution in [0.3, 0.4) is 0 Å². The maximum atomic E-state index is 12.5. The summed E-state index contributed by atoms with van der Waals surface area (Å²) in [5.41, 5.74) is 4.85. The molecule has 9 heteroatoms. The molecule has 0 saturated heterocycles. The van der Waals surface area contributed by atoms with Crippen LogP contribution < -0.4 is 5.32 Å². The van der Waals surface area contributed by atoms with E-state index >= 15 is 0 Å². The van der Waals surface area contributed by atoms with E-state index in [1.54, 1.807) is 6.08 Å². The standard InChI is InChI=1S/C22H26N6OS2/c1-6-9-28-19(12-30-21-23-16(4)11-17(5)24-21)26-27-22(28)31-13-20(29)25-18-10-14(2)7-8-15(18)3/h6-8,10-11H,1,9,12-13H2,2-5H3,(H,25,29). The maximum Gasteiger partial charge on any atom is 0.234 e. The number of carbonyl (C=O) groups excluding carboxylic acids is 1. The van der Waals surface area contributed by atoms with Crippen LogP contribution in [-0.2, 0) is 17.1 Å². The van der Waals surface area contributed by atoms with Crippen molar-refractivity contribution in [2.45, 2.75) is 50.3 Å². The van der Waals surface area contributed by atoms with E-state index in [1.165, 1.54) is 23.5 Å². The number of aryl methyl sites for hydroxylation is 4. The molecule has 0 bridgehead atoms. The topological polar surface area (TPSA) is 85.6 Å². The van der Waals surface area contributed by atoms with Crippen LogP contribution in [0.15, 0.2) is 47.2 Å². The molecule has 0 fully saturated rings. The Balaban J connectivity index is 1.64. The first-order valence-corrected chi connectivity index (χ1v) is 11.8. The van der Waals surface area contributed by atoms with Gasteiger partial charge in [-0.15, -0.1) is 16.8 Å². The molecule has 3 aromatic rings. The van der Waals surface area contributed by atoms with Crippen LogP contribution in [0.4, 0.5) is 5.69 Å². The molecule has 0 unspecified atom stereocenters. The molecule has 0 aliphatic heterocycles. The van der Waals surface area contributed by atoms with E-state index in [0.717, 1.165) is 34.0 Å². The summed E-state index contributed by atoms with van der Waals surface area (Å²) in [7, 11) is 0. The van der Waals surface area contributed by atoms with Gasteiger partial charge in [0, 0.05) is 23.6 Å². The SMILES string of the molecule is C=CCn1c(CSc2nc(C)cc(C)n2)nnc1SCC(=O)Nc1cc(C)ccc1C. The Bertz CT molecular complexity index is 1080. The molecule has 31 heavy (non-hydrogen) atoms. The molecule has 1 aromatic carbocycles. The second-order valence-electron chi connectivity index (χ2n) is 7.18. The Morgan fingerprint density at radius 1 is 1.10 bits per heavy atom. The largest absolute Gasteiger partial charge is 0.325 e. The van der Waals surface area contributed by atoms with Crippen molar-refractivity contribution in [3.63, 3.8) is 0 Å². The summed E-state index contributed by atoms with van der Waals surface area (Å²) in [4.78, 5) is 21.4. The Morgan fingerprint density at radius 2 is 1.84 bits per heavy atom. The van der Waals surface area contributed by atoms with E-state index in [9.17, 15) is 4.79 Å². The van der Waals surface area contributed by atoms with Crippen molar-refractivity contribution < 1.29 is 4.79 Å². The molecule has 0 aliphatic carbocycles. The molecule has 2 heterocycles. The van der Waals surface area contributed by atoms with E-state index in [-0.39, 0.29) is 11.7 Å². The van der Waals surface area contributed by atoms with Crippen LogP contribution in [0.25, 0.3) is 0 Å². The predicted octanol–water partition coefficient (Wildman–Crippen LogP) is 4.51. The van der Waals surface area contributed by atoms with Crippen molar-refractivity contribution in [2.75, 3.05) is 11.1 Å². The second-order valence-corrected chi connectivity index (χ2v) is 9.06. The average molecular weight is 455 g/mol. The third kappa shape index (κ3) is 6.41. The molecule has 2 aromatic heterocycles. The Morgan fingerprint density at radius 3 is 2.55 bits per heavy atom. The minimum atomic E-state index is -0.0774. The first-order valence-electron chi connectivity index (χ1n) is 9.83. The lowest BCUT2D eigenvalue weighted by atomic mass is 10.1. The third-order valence-electron chi connectivity index (χ3n) is 4.40. The highest BCUT2D eigenvalue weighted by Crippen LogP contribution is 2.24. The fraction of sp³-hybridized carbons (Fsp3) is 0.318. The van der Waals surface area contributed by atoms with E-state index in [2.05, 4.69) is 32.1 Å². The van der Waals surface area contributed by atoms with Gasteiger partial charge in [0.15, 0.2) is 10.3 Å². The summed E-state index contributed by atoms with van der Waals surface area (Å²) in [6.07, 6.45) is 1.80. The molecule has 1 amide bonds. The first kappa shape index (κ1) is 23.0. The van der Waals surface area contributed by atoms with E-state index in [4.69, 9.17) is 0 Å². The van der Waals surface area contributed by atoms with Gasteiger partial charge >= 0.3 is 0 Å². The van der Waals surface area contributed by atoms with Gasteiger partial charge in [0.1, 0.15) is 5.82 Å². The highest BCUT2D eigenvalue weighted by molar-refractivity contribution is 7.99. The van der Waals surface area contributed by atoms with Crippen LogP contribution in [0, 0.1) is 27.7 Å². The number of amides is 1. The van der Waals surface area contributed by atoms with Crippen molar-refractivity contribution in [3.05, 3.63) is 65.3 Å². The zero-order valence-corrected chi connectivity index (χ0v) is 19.8. The number of benzene rings is 1. The van der Waals surface area contributed by atoms with Gasteiger partial charge in [-0.25, -0.2) is 9.97 Å². The van der Waals surface area contributed by atoms with Crippen molar-refractivity contribution in [1.82, 2.24) is 24.7 Å². The van der Waals surface area contributed by atoms with E-state index < -0.39 is 0 Å². The molecular formula is C22H26N6OS2. The average Bonchev–Trinajstić information content (AvgIpc) is 3.09. The molecule has 0 spiro atoms. The lowest BCUT2D eigenvalue weighted by Crippen LogP contribution is -2.15. The molecule has 0 atom stereocenters. The summed E-state index contributed by atoms with van der Waals surface area (Å²) < 4.78 is 1.97. The molecule has 0 radical (unpaired) electrons. The number of thioether (sulfide) groups is 2. The van der Waals surface area contributed by atoms with Crippen LogP contribution in [0.1, 0.15) is 28.3 Å². The van der Waals surface area contributed by atoms with Crippen molar-refractivity contribution in [3.8, 4) is 0 Å². The van der Waals surface area contributed by atoms with Gasteiger partial charge in [-0.3, -0.25) is 4.79 Å². The molecule has 0 saturated carbocycles. The fourth-order valence-electron chi connectivity index (χ4n) is 2.92. The summed E-state index contributed by atoms with van der Waals surface area (Å²) in [5, 5.41) is 13.0. The minimum Gasteiger partial charge on any atom is -0.325 e. The molecule has 7 nitrogen and oxygen atoms in total. The number of carbonyl (C=O) groups is 1. The molecule has 1 N–H and O–H groups in total. The number of rotatable bonds is 9. The number of aromatic nitrogens is 5. The smallest absolute Gasteiger partial charge is 0.234 e. The lowest BCUT2D eigenvalue weighted by Gasteiger charge is -2.10. The summed E-state index contributed by atoms with van der Waals surface area (Å²) >= 11 is 2.88. The second kappa shape index (κ2) is 10.6. The van der Waals surface area contributed by atoms with E-state index in [0.29, 0.717) is 22.6 Å². The Kier molecular flexibility index (Phi) is 7.86. The predicted molar refractivity (Wildman–Crippen MR) is 127 cm³/mol. The van der Waals surface area contributed by atoms with Crippen molar-refractivity contribution >= 4 is 35.1 Å². The van der Waals surface area contributed by atoms with Gasteiger partial charge in [0.05, 0.1) is 11.5 Å². The van der Waals surface area contributed by atoms with Gasteiger partial charge in [-0.1, -0.05) is 41.7 Å². The van der Waals surface area contributed by atoms with Crippen molar-refractivity contribution in [2.24, 2.45) is 0 Å². The normalized spacial score (nSPS) is 10.8. The summed E-state index contributed by atoms with van der Waals surface area (Å²) in [5.74, 6) is 1.55. The Labute approximate surface area is 191 Å². The first-order chi connectivity index (χ1) is 14.9. The quantitative estimate of drug-likeness (QED) is 0.289. The zero-order chi connectivity index (χ0) is 22.4. The number of anilines is 1. The number of hydrogen-bond donors (Lipinski definition) is 1. The number of nitrogens with zero attached hydrogens (tertiary/aromatic N) is 5. The van der Waals surface area contributed by atoms with Crippen LogP contribution in [-0.4, -0.2) is 36.4 Å². The van der Waals surface area contributed by atoms with E-state index in [1.807, 2.05) is 56.5 Å². The summed E-state index contributed by atoms with van der Waals surface area (Å²) in [6, 6.07) is 7.95. The van der Waals surface area contributed by atoms with Gasteiger partial charge < -0.3 is 9.88 Å². The zero-order valence-electron chi connectivity index (χ0n) is 18.2. The highest BCUT2D eigenvalue weighted by Gasteiger charge is 2.15. The lowest BCUT2D eigenvalue weighted by molar-refractivity contribution is -0.113. The fourth-order valence-corrected chi connectivity index (χ4v) is 4.57.